The normalized spacial score (nSPS) is 17.5. The summed E-state index contributed by atoms with van der Waals surface area (Å²) in [6, 6.07) is 5.57. The molecule has 0 saturated carbocycles. The van der Waals surface area contributed by atoms with Gasteiger partial charge in [0, 0.05) is 57.3 Å². The third-order valence-corrected chi connectivity index (χ3v) is 5.17. The standard InChI is InChI=1S/C20H27N3O3/c1-14(2)12-19(25)22-8-10-23(11-9-22)20(26)16-4-6-17-15(13-16)5-7-18(24)21(17)3/h4,6,13-14H,5,7-12H2,1-3H3. The number of aryl methyl sites for hydroxylation is 1. The van der Waals surface area contributed by atoms with Gasteiger partial charge in [0.1, 0.15) is 0 Å². The molecule has 26 heavy (non-hydrogen) atoms. The minimum Gasteiger partial charge on any atom is -0.339 e. The Morgan fingerprint density at radius 3 is 2.35 bits per heavy atom. The van der Waals surface area contributed by atoms with Crippen LogP contribution in [-0.2, 0) is 16.0 Å². The molecule has 1 fully saturated rings. The van der Waals surface area contributed by atoms with Crippen LogP contribution in [0.15, 0.2) is 18.2 Å². The highest BCUT2D eigenvalue weighted by Crippen LogP contribution is 2.28. The first-order valence-electron chi connectivity index (χ1n) is 9.33. The Morgan fingerprint density at radius 1 is 1.04 bits per heavy atom. The molecule has 1 aromatic rings. The van der Waals surface area contributed by atoms with Crippen molar-refractivity contribution in [1.29, 1.82) is 0 Å². The first-order chi connectivity index (χ1) is 12.4. The van der Waals surface area contributed by atoms with Gasteiger partial charge < -0.3 is 14.7 Å². The lowest BCUT2D eigenvalue weighted by atomic mass is 9.98. The van der Waals surface area contributed by atoms with E-state index in [0.717, 1.165) is 11.3 Å². The number of hydrogen-bond donors (Lipinski definition) is 0. The summed E-state index contributed by atoms with van der Waals surface area (Å²) in [6.07, 6.45) is 1.72. The molecule has 2 aliphatic heterocycles. The summed E-state index contributed by atoms with van der Waals surface area (Å²) in [7, 11) is 1.77. The van der Waals surface area contributed by atoms with Gasteiger partial charge in [-0.3, -0.25) is 14.4 Å². The Bertz CT molecular complexity index is 721. The fourth-order valence-corrected chi connectivity index (χ4v) is 3.61. The third kappa shape index (κ3) is 3.74. The molecule has 0 spiro atoms. The van der Waals surface area contributed by atoms with Crippen LogP contribution in [-0.4, -0.2) is 60.7 Å². The Hall–Kier alpha value is -2.37. The average Bonchev–Trinajstić information content (AvgIpc) is 2.63. The van der Waals surface area contributed by atoms with Crippen molar-refractivity contribution in [2.24, 2.45) is 5.92 Å². The van der Waals surface area contributed by atoms with E-state index in [1.54, 1.807) is 18.0 Å². The predicted octanol–water partition coefficient (Wildman–Crippen LogP) is 1.93. The molecule has 6 heteroatoms. The summed E-state index contributed by atoms with van der Waals surface area (Å²) in [5.74, 6) is 0.637. The summed E-state index contributed by atoms with van der Waals surface area (Å²) < 4.78 is 0. The Balaban J connectivity index is 1.64. The molecule has 6 nitrogen and oxygen atoms in total. The molecule has 1 aromatic carbocycles. The molecule has 140 valence electrons. The zero-order valence-corrected chi connectivity index (χ0v) is 15.8. The van der Waals surface area contributed by atoms with E-state index in [0.29, 0.717) is 56.9 Å². The quantitative estimate of drug-likeness (QED) is 0.830. The maximum absolute atomic E-state index is 12.8. The predicted molar refractivity (Wildman–Crippen MR) is 100 cm³/mol. The number of rotatable bonds is 3. The highest BCUT2D eigenvalue weighted by Gasteiger charge is 2.27. The second-order valence-corrected chi connectivity index (χ2v) is 7.57. The SMILES string of the molecule is CC(C)CC(=O)N1CCN(C(=O)c2ccc3c(c2)CCC(=O)N3C)CC1. The number of carbonyl (C=O) groups excluding carboxylic acids is 3. The van der Waals surface area contributed by atoms with Crippen molar-refractivity contribution in [2.45, 2.75) is 33.1 Å². The average molecular weight is 357 g/mol. The molecule has 3 amide bonds. The fourth-order valence-electron chi connectivity index (χ4n) is 3.61. The molecule has 0 atom stereocenters. The van der Waals surface area contributed by atoms with Crippen molar-refractivity contribution in [1.82, 2.24) is 9.80 Å². The number of carbonyl (C=O) groups is 3. The minimum absolute atomic E-state index is 0.00307. The van der Waals surface area contributed by atoms with Gasteiger partial charge in [-0.15, -0.1) is 0 Å². The van der Waals surface area contributed by atoms with Crippen molar-refractivity contribution in [3.63, 3.8) is 0 Å². The zero-order valence-electron chi connectivity index (χ0n) is 15.8. The molecule has 1 saturated heterocycles. The molecule has 0 N–H and O–H groups in total. The second-order valence-electron chi connectivity index (χ2n) is 7.57. The Kier molecular flexibility index (Phi) is 5.30. The van der Waals surface area contributed by atoms with Crippen LogP contribution >= 0.6 is 0 Å². The van der Waals surface area contributed by atoms with Gasteiger partial charge in [0.25, 0.3) is 5.91 Å². The van der Waals surface area contributed by atoms with Crippen LogP contribution in [0.25, 0.3) is 0 Å². The van der Waals surface area contributed by atoms with Crippen molar-refractivity contribution in [2.75, 3.05) is 38.1 Å². The van der Waals surface area contributed by atoms with Crippen molar-refractivity contribution in [3.8, 4) is 0 Å². The number of fused-ring (bicyclic) bond motifs is 1. The molecule has 0 aromatic heterocycles. The molecule has 0 bridgehead atoms. The van der Waals surface area contributed by atoms with Gasteiger partial charge in [-0.25, -0.2) is 0 Å². The van der Waals surface area contributed by atoms with Gasteiger partial charge in [-0.2, -0.15) is 0 Å². The van der Waals surface area contributed by atoms with E-state index in [4.69, 9.17) is 0 Å². The van der Waals surface area contributed by atoms with Crippen LogP contribution in [0.1, 0.15) is 42.6 Å². The number of anilines is 1. The first kappa shape index (κ1) is 18.4. The minimum atomic E-state index is 0.00307. The van der Waals surface area contributed by atoms with Gasteiger partial charge >= 0.3 is 0 Å². The Morgan fingerprint density at radius 2 is 1.69 bits per heavy atom. The maximum Gasteiger partial charge on any atom is 0.253 e. The van der Waals surface area contributed by atoms with E-state index in [1.807, 2.05) is 35.8 Å². The monoisotopic (exact) mass is 357 g/mol. The summed E-state index contributed by atoms with van der Waals surface area (Å²) in [5, 5.41) is 0. The van der Waals surface area contributed by atoms with E-state index in [1.165, 1.54) is 0 Å². The lowest BCUT2D eigenvalue weighted by molar-refractivity contribution is -0.133. The van der Waals surface area contributed by atoms with Crippen LogP contribution < -0.4 is 4.90 Å². The van der Waals surface area contributed by atoms with E-state index < -0.39 is 0 Å². The molecular formula is C20H27N3O3. The third-order valence-electron chi connectivity index (χ3n) is 5.17. The number of hydrogen-bond acceptors (Lipinski definition) is 3. The van der Waals surface area contributed by atoms with Crippen LogP contribution in [0.2, 0.25) is 0 Å². The maximum atomic E-state index is 12.8. The fraction of sp³-hybridized carbons (Fsp3) is 0.550. The summed E-state index contributed by atoms with van der Waals surface area (Å²) in [6.45, 7) is 6.41. The van der Waals surface area contributed by atoms with Crippen LogP contribution in [0.5, 0.6) is 0 Å². The number of benzene rings is 1. The van der Waals surface area contributed by atoms with Gasteiger partial charge in [0.2, 0.25) is 11.8 Å². The van der Waals surface area contributed by atoms with Crippen LogP contribution in [0.4, 0.5) is 5.69 Å². The molecule has 0 radical (unpaired) electrons. The topological polar surface area (TPSA) is 60.9 Å². The highest BCUT2D eigenvalue weighted by atomic mass is 16.2. The second kappa shape index (κ2) is 7.48. The Labute approximate surface area is 154 Å². The zero-order chi connectivity index (χ0) is 18.8. The van der Waals surface area contributed by atoms with Gasteiger partial charge in [-0.05, 0) is 36.1 Å². The first-order valence-corrected chi connectivity index (χ1v) is 9.33. The molecule has 2 aliphatic rings. The lowest BCUT2D eigenvalue weighted by Crippen LogP contribution is -2.50. The van der Waals surface area contributed by atoms with Crippen molar-refractivity contribution in [3.05, 3.63) is 29.3 Å². The van der Waals surface area contributed by atoms with E-state index in [2.05, 4.69) is 0 Å². The number of piperazine rings is 1. The number of nitrogens with zero attached hydrogens (tertiary/aromatic N) is 3. The van der Waals surface area contributed by atoms with E-state index >= 15 is 0 Å². The molecule has 0 aliphatic carbocycles. The summed E-state index contributed by atoms with van der Waals surface area (Å²) in [5.41, 5.74) is 2.60. The molecule has 2 heterocycles. The number of amides is 3. The summed E-state index contributed by atoms with van der Waals surface area (Å²) in [4.78, 5) is 42.1. The smallest absolute Gasteiger partial charge is 0.253 e. The van der Waals surface area contributed by atoms with Gasteiger partial charge in [0.15, 0.2) is 0 Å². The largest absolute Gasteiger partial charge is 0.339 e. The summed E-state index contributed by atoms with van der Waals surface area (Å²) >= 11 is 0. The van der Waals surface area contributed by atoms with Crippen LogP contribution in [0, 0.1) is 5.92 Å². The van der Waals surface area contributed by atoms with Crippen LogP contribution in [0.3, 0.4) is 0 Å². The highest BCUT2D eigenvalue weighted by molar-refractivity contribution is 5.99. The lowest BCUT2D eigenvalue weighted by Gasteiger charge is -2.35. The van der Waals surface area contributed by atoms with Gasteiger partial charge in [0.05, 0.1) is 0 Å². The molecule has 0 unspecified atom stereocenters. The van der Waals surface area contributed by atoms with Crippen molar-refractivity contribution < 1.29 is 14.4 Å². The van der Waals surface area contributed by atoms with E-state index in [9.17, 15) is 14.4 Å². The van der Waals surface area contributed by atoms with E-state index in [-0.39, 0.29) is 17.7 Å². The van der Waals surface area contributed by atoms with Gasteiger partial charge in [-0.1, -0.05) is 13.8 Å². The molecule has 3 rings (SSSR count). The van der Waals surface area contributed by atoms with Crippen molar-refractivity contribution >= 4 is 23.4 Å². The molecular weight excluding hydrogens is 330 g/mol.